The Morgan fingerprint density at radius 1 is 1.21 bits per heavy atom. The van der Waals surface area contributed by atoms with E-state index in [2.05, 4.69) is 5.32 Å². The van der Waals surface area contributed by atoms with Crippen LogP contribution in [0.4, 0.5) is 0 Å². The van der Waals surface area contributed by atoms with Crippen LogP contribution in [0.2, 0.25) is 0 Å². The Bertz CT molecular complexity index is 398. The predicted molar refractivity (Wildman–Crippen MR) is 66.7 cm³/mol. The topological polar surface area (TPSA) is 61.4 Å². The Morgan fingerprint density at radius 2 is 1.89 bits per heavy atom. The molecule has 0 aliphatic rings. The van der Waals surface area contributed by atoms with Crippen molar-refractivity contribution in [1.82, 2.24) is 0 Å². The van der Waals surface area contributed by atoms with Crippen molar-refractivity contribution in [2.75, 3.05) is 27.4 Å². The standard InChI is InChI=1S/C13H19NO4.ClH/c1-10(15)18-7-6-14-9-11-4-5-12(16-2)13(8-11)17-3;/h4-5,8,14H,6-7,9H2,1-3H3;1H. The Hall–Kier alpha value is -1.46. The summed E-state index contributed by atoms with van der Waals surface area (Å²) in [6, 6.07) is 5.82. The van der Waals surface area contributed by atoms with Gasteiger partial charge in [0.05, 0.1) is 14.2 Å². The van der Waals surface area contributed by atoms with Crippen molar-refractivity contribution in [3.63, 3.8) is 0 Å². The lowest BCUT2D eigenvalue weighted by Gasteiger charge is -2.09. The highest BCUT2D eigenvalue weighted by Gasteiger charge is 2.05. The van der Waals surface area contributed by atoms with E-state index in [4.69, 9.17) is 14.2 Å². The highest BCUT2D eigenvalue weighted by Crippen LogP contribution is 2.27. The van der Waals surface area contributed by atoms with Gasteiger partial charge in [-0.15, -0.1) is 0 Å². The first kappa shape index (κ1) is 17.5. The summed E-state index contributed by atoms with van der Waals surface area (Å²) in [4.78, 5) is 10.6. The van der Waals surface area contributed by atoms with Crippen LogP contribution in [0, 0.1) is 0 Å². The van der Waals surface area contributed by atoms with Gasteiger partial charge in [-0.2, -0.15) is 0 Å². The average Bonchev–Trinajstić information content (AvgIpc) is 2.37. The average molecular weight is 290 g/mol. The Morgan fingerprint density at radius 3 is 2.47 bits per heavy atom. The number of methoxy groups -OCH3 is 2. The molecule has 0 heterocycles. The number of hydrogen-bond donors (Lipinski definition) is 1. The number of esters is 1. The Labute approximate surface area is 119 Å². The molecule has 0 saturated carbocycles. The van der Waals surface area contributed by atoms with Gasteiger partial charge in [0, 0.05) is 12.5 Å². The smallest absolute Gasteiger partial charge is 0.302 e. The van der Waals surface area contributed by atoms with Gasteiger partial charge in [0.2, 0.25) is 0 Å². The molecule has 5 nitrogen and oxygen atoms in total. The first-order valence-corrected chi connectivity index (χ1v) is 5.83. The third kappa shape index (κ3) is 6.31. The van der Waals surface area contributed by atoms with E-state index in [0.29, 0.717) is 6.61 Å². The maximum atomic E-state index is 10.6. The third-order valence-electron chi connectivity index (χ3n) is 2.46. The molecule has 0 aromatic heterocycles. The zero-order valence-electron chi connectivity index (χ0n) is 11.4. The molecule has 0 saturated heterocycles. The molecular formula is C13H20ClNO4. The van der Waals surface area contributed by atoms with Crippen molar-refractivity contribution in [3.05, 3.63) is 23.8 Å². The lowest BCUT2D eigenvalue weighted by molar-refractivity contribution is -0.671. The third-order valence-corrected chi connectivity index (χ3v) is 2.46. The van der Waals surface area contributed by atoms with Gasteiger partial charge < -0.3 is 31.9 Å². The maximum absolute atomic E-state index is 10.6. The number of quaternary nitrogens is 1. The molecule has 1 aromatic rings. The second kappa shape index (κ2) is 9.47. The SMILES string of the molecule is COc1ccc(C[NH2+]CCOC(C)=O)cc1OC.[Cl-]. The van der Waals surface area contributed by atoms with Crippen LogP contribution in [0.1, 0.15) is 12.5 Å². The summed E-state index contributed by atoms with van der Waals surface area (Å²) in [6.45, 7) is 3.40. The number of hydrogen-bond acceptors (Lipinski definition) is 4. The number of rotatable bonds is 7. The van der Waals surface area contributed by atoms with Crippen molar-refractivity contribution in [1.29, 1.82) is 0 Å². The van der Waals surface area contributed by atoms with E-state index in [1.54, 1.807) is 14.2 Å². The zero-order chi connectivity index (χ0) is 13.4. The molecular weight excluding hydrogens is 270 g/mol. The van der Waals surface area contributed by atoms with Gasteiger partial charge in [-0.25, -0.2) is 0 Å². The van der Waals surface area contributed by atoms with Gasteiger partial charge in [0.25, 0.3) is 0 Å². The van der Waals surface area contributed by atoms with Gasteiger partial charge in [0.15, 0.2) is 11.5 Å². The number of nitrogens with two attached hydrogens (primary N) is 1. The van der Waals surface area contributed by atoms with Crippen LogP contribution in [0.3, 0.4) is 0 Å². The van der Waals surface area contributed by atoms with Crippen LogP contribution in [0.25, 0.3) is 0 Å². The Kier molecular flexibility index (Phi) is 8.74. The molecule has 1 rings (SSSR count). The van der Waals surface area contributed by atoms with Gasteiger partial charge in [0.1, 0.15) is 19.7 Å². The minimum absolute atomic E-state index is 0. The number of ether oxygens (including phenoxy) is 3. The first-order chi connectivity index (χ1) is 8.67. The van der Waals surface area contributed by atoms with Crippen molar-refractivity contribution >= 4 is 5.97 Å². The molecule has 108 valence electrons. The number of carbonyl (C=O) groups is 1. The molecule has 0 fully saturated rings. The summed E-state index contributed by atoms with van der Waals surface area (Å²) in [5.74, 6) is 1.21. The molecule has 0 unspecified atom stereocenters. The van der Waals surface area contributed by atoms with Crippen molar-refractivity contribution < 1.29 is 36.7 Å². The minimum atomic E-state index is -0.241. The monoisotopic (exact) mass is 289 g/mol. The zero-order valence-corrected chi connectivity index (χ0v) is 12.2. The Balaban J connectivity index is 0.00000324. The molecule has 6 heteroatoms. The van der Waals surface area contributed by atoms with Crippen LogP contribution in [0.15, 0.2) is 18.2 Å². The van der Waals surface area contributed by atoms with Crippen LogP contribution < -0.4 is 27.2 Å². The van der Waals surface area contributed by atoms with E-state index in [0.717, 1.165) is 30.2 Å². The van der Waals surface area contributed by atoms with Gasteiger partial charge in [-0.3, -0.25) is 4.79 Å². The molecule has 0 aliphatic carbocycles. The molecule has 0 aliphatic heterocycles. The molecule has 19 heavy (non-hydrogen) atoms. The van der Waals surface area contributed by atoms with Crippen LogP contribution in [0.5, 0.6) is 11.5 Å². The van der Waals surface area contributed by atoms with Crippen LogP contribution in [-0.4, -0.2) is 33.3 Å². The molecule has 0 atom stereocenters. The number of carbonyl (C=O) groups excluding carboxylic acids is 1. The quantitative estimate of drug-likeness (QED) is 0.439. The summed E-state index contributed by atoms with van der Waals surface area (Å²) in [6.07, 6.45) is 0. The van der Waals surface area contributed by atoms with Crippen LogP contribution in [-0.2, 0) is 16.1 Å². The van der Waals surface area contributed by atoms with Crippen molar-refractivity contribution in [2.45, 2.75) is 13.5 Å². The lowest BCUT2D eigenvalue weighted by atomic mass is 10.2. The summed E-state index contributed by atoms with van der Waals surface area (Å²) in [5, 5.41) is 2.07. The molecule has 1 aromatic carbocycles. The molecule has 0 bridgehead atoms. The van der Waals surface area contributed by atoms with Crippen molar-refractivity contribution in [2.24, 2.45) is 0 Å². The highest BCUT2D eigenvalue weighted by atomic mass is 35.5. The number of benzene rings is 1. The summed E-state index contributed by atoms with van der Waals surface area (Å²) in [5.41, 5.74) is 1.13. The fraction of sp³-hybridized carbons (Fsp3) is 0.462. The van der Waals surface area contributed by atoms with Crippen molar-refractivity contribution in [3.8, 4) is 11.5 Å². The fourth-order valence-corrected chi connectivity index (χ4v) is 1.56. The lowest BCUT2D eigenvalue weighted by Crippen LogP contribution is -3.00. The highest BCUT2D eigenvalue weighted by molar-refractivity contribution is 5.65. The molecule has 0 spiro atoms. The fourth-order valence-electron chi connectivity index (χ4n) is 1.56. The van der Waals surface area contributed by atoms with E-state index in [1.807, 2.05) is 18.2 Å². The summed E-state index contributed by atoms with van der Waals surface area (Å²) < 4.78 is 15.2. The summed E-state index contributed by atoms with van der Waals surface area (Å²) in [7, 11) is 3.23. The van der Waals surface area contributed by atoms with Crippen LogP contribution >= 0.6 is 0 Å². The second-order valence-electron chi connectivity index (χ2n) is 3.81. The first-order valence-electron chi connectivity index (χ1n) is 5.83. The maximum Gasteiger partial charge on any atom is 0.302 e. The summed E-state index contributed by atoms with van der Waals surface area (Å²) >= 11 is 0. The number of halogens is 1. The minimum Gasteiger partial charge on any atom is -1.00 e. The normalized spacial score (nSPS) is 9.42. The predicted octanol–water partition coefficient (Wildman–Crippen LogP) is -2.67. The van der Waals surface area contributed by atoms with Gasteiger partial charge >= 0.3 is 5.97 Å². The largest absolute Gasteiger partial charge is 1.00 e. The van der Waals surface area contributed by atoms with Gasteiger partial charge in [-0.05, 0) is 18.2 Å². The second-order valence-corrected chi connectivity index (χ2v) is 3.81. The van der Waals surface area contributed by atoms with E-state index in [1.165, 1.54) is 6.92 Å². The van der Waals surface area contributed by atoms with E-state index >= 15 is 0 Å². The van der Waals surface area contributed by atoms with E-state index in [-0.39, 0.29) is 18.4 Å². The molecule has 2 N–H and O–H groups in total. The molecule has 0 radical (unpaired) electrons. The van der Waals surface area contributed by atoms with E-state index in [9.17, 15) is 4.79 Å². The van der Waals surface area contributed by atoms with Gasteiger partial charge in [-0.1, -0.05) is 0 Å². The molecule has 0 amide bonds. The van der Waals surface area contributed by atoms with E-state index < -0.39 is 0 Å².